The zero-order valence-electron chi connectivity index (χ0n) is 16.7. The average molecular weight is 448 g/mol. The first kappa shape index (κ1) is 22.0. The van der Waals surface area contributed by atoms with Crippen LogP contribution in [-0.4, -0.2) is 41.2 Å². The first-order chi connectivity index (χ1) is 14.3. The largest absolute Gasteiger partial charge is 0.456 e. The van der Waals surface area contributed by atoms with Crippen molar-refractivity contribution in [3.8, 4) is 0 Å². The number of carbonyl (C=O) groups is 1. The van der Waals surface area contributed by atoms with Gasteiger partial charge in [0.1, 0.15) is 12.3 Å². The fourth-order valence-electron chi connectivity index (χ4n) is 2.91. The van der Waals surface area contributed by atoms with Crippen LogP contribution in [-0.2, 0) is 26.2 Å². The summed E-state index contributed by atoms with van der Waals surface area (Å²) in [6.07, 6.45) is 6.33. The Bertz CT molecular complexity index is 1170. The van der Waals surface area contributed by atoms with Crippen molar-refractivity contribution < 1.29 is 17.9 Å². The summed E-state index contributed by atoms with van der Waals surface area (Å²) in [6.45, 7) is 4.44. The second-order valence-corrected chi connectivity index (χ2v) is 8.82. The predicted molar refractivity (Wildman–Crippen MR) is 116 cm³/mol. The maximum atomic E-state index is 12.5. The number of halogens is 1. The molecule has 0 aliphatic heterocycles. The van der Waals surface area contributed by atoms with Crippen LogP contribution in [0.5, 0.6) is 0 Å². The highest BCUT2D eigenvalue weighted by molar-refractivity contribution is 7.89. The summed E-state index contributed by atoms with van der Waals surface area (Å²) in [5.41, 5.74) is 2.00. The number of nitrogens with zero attached hydrogens (tertiary/aromatic N) is 3. The zero-order chi connectivity index (χ0) is 21.7. The molecule has 0 aliphatic rings. The predicted octanol–water partition coefficient (Wildman–Crippen LogP) is 3.77. The molecule has 0 amide bonds. The summed E-state index contributed by atoms with van der Waals surface area (Å²) < 4.78 is 33.3. The minimum absolute atomic E-state index is 0.0313. The van der Waals surface area contributed by atoms with Gasteiger partial charge in [-0.15, -0.1) is 0 Å². The zero-order valence-corrected chi connectivity index (χ0v) is 18.2. The third-order valence-corrected chi connectivity index (χ3v) is 6.75. The molecule has 0 atom stereocenters. The molecule has 0 unspecified atom stereocenters. The molecule has 0 aliphatic carbocycles. The van der Waals surface area contributed by atoms with E-state index in [1.54, 1.807) is 61.0 Å². The van der Waals surface area contributed by atoms with Crippen molar-refractivity contribution in [2.24, 2.45) is 0 Å². The highest BCUT2D eigenvalue weighted by Gasteiger charge is 2.20. The van der Waals surface area contributed by atoms with Crippen LogP contribution in [0.4, 0.5) is 0 Å². The number of aromatic nitrogens is 2. The highest BCUT2D eigenvalue weighted by Crippen LogP contribution is 2.17. The molecular formula is C21H22ClN3O4S. The molecule has 2 aromatic heterocycles. The topological polar surface area (TPSA) is 81.0 Å². The number of sulfonamides is 1. The lowest BCUT2D eigenvalue weighted by Gasteiger charge is -2.18. The molecular weight excluding hydrogens is 426 g/mol. The SMILES string of the molecule is CCN(CC)S(=O)(=O)c1ccc(/C=C/C(=O)OCc2cn3cc(Cl)ccc3n2)cc1. The number of benzene rings is 1. The van der Waals surface area contributed by atoms with E-state index in [2.05, 4.69) is 4.98 Å². The number of fused-ring (bicyclic) bond motifs is 1. The fourth-order valence-corrected chi connectivity index (χ4v) is 4.53. The maximum absolute atomic E-state index is 12.5. The van der Waals surface area contributed by atoms with Gasteiger partial charge in [0.05, 0.1) is 15.6 Å². The summed E-state index contributed by atoms with van der Waals surface area (Å²) in [6, 6.07) is 9.86. The molecule has 158 valence electrons. The summed E-state index contributed by atoms with van der Waals surface area (Å²) in [7, 11) is -3.50. The lowest BCUT2D eigenvalue weighted by molar-refractivity contribution is -0.139. The van der Waals surface area contributed by atoms with E-state index in [0.717, 1.165) is 0 Å². The molecule has 3 rings (SSSR count). The molecule has 30 heavy (non-hydrogen) atoms. The van der Waals surface area contributed by atoms with Crippen LogP contribution in [0.2, 0.25) is 5.02 Å². The molecule has 0 bridgehead atoms. The van der Waals surface area contributed by atoms with Gasteiger partial charge in [-0.1, -0.05) is 37.6 Å². The Morgan fingerprint density at radius 1 is 1.13 bits per heavy atom. The molecule has 1 aromatic carbocycles. The number of hydrogen-bond acceptors (Lipinski definition) is 5. The summed E-state index contributed by atoms with van der Waals surface area (Å²) in [5, 5.41) is 0.585. The van der Waals surface area contributed by atoms with Crippen molar-refractivity contribution in [3.05, 3.63) is 71.1 Å². The van der Waals surface area contributed by atoms with Gasteiger partial charge in [-0.2, -0.15) is 4.31 Å². The molecule has 9 heteroatoms. The van der Waals surface area contributed by atoms with Crippen LogP contribution in [0.15, 0.2) is 59.8 Å². The second-order valence-electron chi connectivity index (χ2n) is 6.44. The Labute approximate surface area is 180 Å². The summed E-state index contributed by atoms with van der Waals surface area (Å²) in [5.74, 6) is -0.523. The van der Waals surface area contributed by atoms with Gasteiger partial charge in [-0.25, -0.2) is 18.2 Å². The molecule has 7 nitrogen and oxygen atoms in total. The quantitative estimate of drug-likeness (QED) is 0.388. The van der Waals surface area contributed by atoms with Gasteiger partial charge in [-0.05, 0) is 35.9 Å². The minimum Gasteiger partial charge on any atom is -0.456 e. The average Bonchev–Trinajstić information content (AvgIpc) is 3.13. The Morgan fingerprint density at radius 2 is 1.83 bits per heavy atom. The van der Waals surface area contributed by atoms with Crippen LogP contribution in [0, 0.1) is 0 Å². The lowest BCUT2D eigenvalue weighted by Crippen LogP contribution is -2.30. The summed E-state index contributed by atoms with van der Waals surface area (Å²) in [4.78, 5) is 16.6. The van der Waals surface area contributed by atoms with E-state index in [-0.39, 0.29) is 11.5 Å². The van der Waals surface area contributed by atoms with Crippen molar-refractivity contribution in [1.29, 1.82) is 0 Å². The van der Waals surface area contributed by atoms with Crippen LogP contribution >= 0.6 is 11.6 Å². The standard InChI is InChI=1S/C21H22ClN3O4S/c1-3-25(4-2)30(27,28)19-9-5-16(6-10-19)7-12-21(26)29-15-18-14-24-13-17(22)8-11-20(24)23-18/h5-14H,3-4,15H2,1-2H3/b12-7+. The van der Waals surface area contributed by atoms with Crippen molar-refractivity contribution in [2.45, 2.75) is 25.3 Å². The highest BCUT2D eigenvalue weighted by atomic mass is 35.5. The lowest BCUT2D eigenvalue weighted by atomic mass is 10.2. The van der Waals surface area contributed by atoms with E-state index in [9.17, 15) is 13.2 Å². The van der Waals surface area contributed by atoms with E-state index in [0.29, 0.717) is 35.0 Å². The van der Waals surface area contributed by atoms with Gasteiger partial charge < -0.3 is 9.14 Å². The first-order valence-corrected chi connectivity index (χ1v) is 11.2. The Morgan fingerprint density at radius 3 is 2.50 bits per heavy atom. The number of carbonyl (C=O) groups excluding carboxylic acids is 1. The van der Waals surface area contributed by atoms with E-state index in [4.69, 9.17) is 16.3 Å². The van der Waals surface area contributed by atoms with Crippen molar-refractivity contribution in [2.75, 3.05) is 13.1 Å². The van der Waals surface area contributed by atoms with Gasteiger partial charge in [0, 0.05) is 31.6 Å². The van der Waals surface area contributed by atoms with Gasteiger partial charge in [0.2, 0.25) is 10.0 Å². The fraction of sp³-hybridized carbons (Fsp3) is 0.238. The van der Waals surface area contributed by atoms with Crippen LogP contribution in [0.1, 0.15) is 25.1 Å². The Kier molecular flexibility index (Phi) is 6.91. The van der Waals surface area contributed by atoms with Gasteiger partial charge in [-0.3, -0.25) is 0 Å². The van der Waals surface area contributed by atoms with Crippen LogP contribution in [0.3, 0.4) is 0 Å². The molecule has 0 fully saturated rings. The number of pyridine rings is 1. The smallest absolute Gasteiger partial charge is 0.331 e. The van der Waals surface area contributed by atoms with Crippen molar-refractivity contribution in [1.82, 2.24) is 13.7 Å². The monoisotopic (exact) mass is 447 g/mol. The maximum Gasteiger partial charge on any atom is 0.331 e. The normalized spacial score (nSPS) is 12.1. The molecule has 0 saturated carbocycles. The number of imidazole rings is 1. The number of rotatable bonds is 8. The minimum atomic E-state index is -3.50. The third kappa shape index (κ3) is 5.08. The van der Waals surface area contributed by atoms with E-state index < -0.39 is 16.0 Å². The molecule has 3 aromatic rings. The van der Waals surface area contributed by atoms with Crippen molar-refractivity contribution >= 4 is 39.3 Å². The molecule has 0 radical (unpaired) electrons. The van der Waals surface area contributed by atoms with Crippen LogP contribution < -0.4 is 0 Å². The first-order valence-electron chi connectivity index (χ1n) is 9.41. The van der Waals surface area contributed by atoms with E-state index in [1.165, 1.54) is 22.5 Å². The van der Waals surface area contributed by atoms with E-state index >= 15 is 0 Å². The number of ether oxygens (including phenoxy) is 1. The Hall–Kier alpha value is -2.68. The molecule has 0 spiro atoms. The Balaban J connectivity index is 1.60. The molecule has 0 saturated heterocycles. The van der Waals surface area contributed by atoms with Gasteiger partial charge in [0.15, 0.2) is 0 Å². The van der Waals surface area contributed by atoms with Crippen molar-refractivity contribution in [3.63, 3.8) is 0 Å². The molecule has 0 N–H and O–H groups in total. The van der Waals surface area contributed by atoms with E-state index in [1.807, 2.05) is 0 Å². The van der Waals surface area contributed by atoms with Gasteiger partial charge >= 0.3 is 5.97 Å². The third-order valence-electron chi connectivity index (χ3n) is 4.46. The second kappa shape index (κ2) is 9.42. The number of hydrogen-bond donors (Lipinski definition) is 0. The number of esters is 1. The molecule has 2 heterocycles. The van der Waals surface area contributed by atoms with Gasteiger partial charge in [0.25, 0.3) is 0 Å². The van der Waals surface area contributed by atoms with Crippen LogP contribution in [0.25, 0.3) is 11.7 Å². The summed E-state index contributed by atoms with van der Waals surface area (Å²) >= 11 is 5.94.